The van der Waals surface area contributed by atoms with E-state index in [1.54, 1.807) is 19.5 Å². The number of aliphatic hydroxyl groups is 1. The molecule has 1 aliphatic rings. The second-order valence-corrected chi connectivity index (χ2v) is 6.56. The number of morpholine rings is 1. The number of nitrogens with zero attached hydrogens (tertiary/aromatic N) is 4. The smallest absolute Gasteiger partial charge is 0.228 e. The molecule has 3 heterocycles. The Labute approximate surface area is 169 Å². The standard InChI is InChI=1S/C21H23N5O3/c1-28-17-6-2-4-15(12-17)19-18(14-27)20(23-16-5-3-7-22-13-16)25-21(24-19)26-8-10-29-11-9-26/h2-7,12-13,27H,8-11,14H2,1H3,(H,23,24,25). The van der Waals surface area contributed by atoms with Crippen molar-refractivity contribution in [2.45, 2.75) is 6.61 Å². The van der Waals surface area contributed by atoms with E-state index < -0.39 is 0 Å². The molecule has 0 spiro atoms. The van der Waals surface area contributed by atoms with Gasteiger partial charge in [0.1, 0.15) is 11.6 Å². The van der Waals surface area contributed by atoms with Gasteiger partial charge in [-0.2, -0.15) is 4.98 Å². The van der Waals surface area contributed by atoms with Crippen LogP contribution in [0.2, 0.25) is 0 Å². The highest BCUT2D eigenvalue weighted by molar-refractivity contribution is 5.73. The van der Waals surface area contributed by atoms with Gasteiger partial charge in [0, 0.05) is 30.4 Å². The van der Waals surface area contributed by atoms with Crippen LogP contribution in [0.4, 0.5) is 17.5 Å². The Kier molecular flexibility index (Phi) is 5.83. The van der Waals surface area contributed by atoms with Gasteiger partial charge in [0.2, 0.25) is 5.95 Å². The molecule has 3 aromatic rings. The zero-order valence-corrected chi connectivity index (χ0v) is 16.2. The van der Waals surface area contributed by atoms with Crippen LogP contribution in [0, 0.1) is 0 Å². The van der Waals surface area contributed by atoms with Crippen molar-refractivity contribution < 1.29 is 14.6 Å². The minimum absolute atomic E-state index is 0.210. The summed E-state index contributed by atoms with van der Waals surface area (Å²) in [5.74, 6) is 1.87. The summed E-state index contributed by atoms with van der Waals surface area (Å²) < 4.78 is 10.8. The van der Waals surface area contributed by atoms with Crippen molar-refractivity contribution in [2.24, 2.45) is 0 Å². The number of hydrogen-bond donors (Lipinski definition) is 2. The maximum atomic E-state index is 10.2. The highest BCUT2D eigenvalue weighted by Crippen LogP contribution is 2.32. The van der Waals surface area contributed by atoms with Crippen molar-refractivity contribution in [2.75, 3.05) is 43.6 Å². The van der Waals surface area contributed by atoms with Gasteiger partial charge >= 0.3 is 0 Å². The summed E-state index contributed by atoms with van der Waals surface area (Å²) in [6.07, 6.45) is 3.42. The number of benzene rings is 1. The zero-order chi connectivity index (χ0) is 20.1. The average molecular weight is 393 g/mol. The van der Waals surface area contributed by atoms with Gasteiger partial charge in [-0.25, -0.2) is 4.98 Å². The Morgan fingerprint density at radius 2 is 2.03 bits per heavy atom. The average Bonchev–Trinajstić information content (AvgIpc) is 2.80. The molecule has 29 heavy (non-hydrogen) atoms. The predicted molar refractivity (Wildman–Crippen MR) is 110 cm³/mol. The molecule has 1 fully saturated rings. The molecule has 0 bridgehead atoms. The van der Waals surface area contributed by atoms with Crippen LogP contribution in [0.15, 0.2) is 48.8 Å². The minimum Gasteiger partial charge on any atom is -0.497 e. The van der Waals surface area contributed by atoms with Gasteiger partial charge in [0.25, 0.3) is 0 Å². The summed E-state index contributed by atoms with van der Waals surface area (Å²) in [7, 11) is 1.63. The molecule has 2 aromatic heterocycles. The molecule has 0 aliphatic carbocycles. The number of nitrogens with one attached hydrogen (secondary N) is 1. The molecular formula is C21H23N5O3. The van der Waals surface area contributed by atoms with Crippen LogP contribution in [0.1, 0.15) is 5.56 Å². The number of methoxy groups -OCH3 is 1. The summed E-state index contributed by atoms with van der Waals surface area (Å²) >= 11 is 0. The van der Waals surface area contributed by atoms with Crippen LogP contribution in [0.3, 0.4) is 0 Å². The molecule has 8 nitrogen and oxygen atoms in total. The summed E-state index contributed by atoms with van der Waals surface area (Å²) in [4.78, 5) is 15.7. The monoisotopic (exact) mass is 393 g/mol. The molecule has 0 amide bonds. The number of hydrogen-bond acceptors (Lipinski definition) is 8. The molecule has 0 unspecified atom stereocenters. The molecule has 8 heteroatoms. The lowest BCUT2D eigenvalue weighted by atomic mass is 10.1. The van der Waals surface area contributed by atoms with Crippen LogP contribution >= 0.6 is 0 Å². The zero-order valence-electron chi connectivity index (χ0n) is 16.2. The Balaban J connectivity index is 1.83. The van der Waals surface area contributed by atoms with Crippen molar-refractivity contribution in [3.05, 3.63) is 54.4 Å². The van der Waals surface area contributed by atoms with E-state index in [0.717, 1.165) is 17.0 Å². The van der Waals surface area contributed by atoms with Gasteiger partial charge < -0.3 is 24.8 Å². The SMILES string of the molecule is COc1cccc(-c2nc(N3CCOCC3)nc(Nc3cccnc3)c2CO)c1. The fraction of sp³-hybridized carbons (Fsp3) is 0.286. The molecule has 0 saturated carbocycles. The Bertz CT molecular complexity index is 962. The number of aromatic nitrogens is 3. The van der Waals surface area contributed by atoms with E-state index in [1.807, 2.05) is 36.4 Å². The number of rotatable bonds is 6. The van der Waals surface area contributed by atoms with Crippen molar-refractivity contribution in [1.82, 2.24) is 15.0 Å². The van der Waals surface area contributed by atoms with Crippen molar-refractivity contribution in [3.63, 3.8) is 0 Å². The van der Waals surface area contributed by atoms with E-state index >= 15 is 0 Å². The largest absolute Gasteiger partial charge is 0.497 e. The number of aliphatic hydroxyl groups excluding tert-OH is 1. The summed E-state index contributed by atoms with van der Waals surface area (Å²) in [5, 5.41) is 13.4. The quantitative estimate of drug-likeness (QED) is 0.660. The fourth-order valence-electron chi connectivity index (χ4n) is 3.21. The summed E-state index contributed by atoms with van der Waals surface area (Å²) in [6, 6.07) is 11.4. The third-order valence-electron chi connectivity index (χ3n) is 4.71. The van der Waals surface area contributed by atoms with Crippen molar-refractivity contribution in [1.29, 1.82) is 0 Å². The Morgan fingerprint density at radius 3 is 2.76 bits per heavy atom. The lowest BCUT2D eigenvalue weighted by Crippen LogP contribution is -2.37. The molecule has 0 radical (unpaired) electrons. The van der Waals surface area contributed by atoms with Crippen molar-refractivity contribution in [3.8, 4) is 17.0 Å². The van der Waals surface area contributed by atoms with Crippen molar-refractivity contribution >= 4 is 17.5 Å². The lowest BCUT2D eigenvalue weighted by molar-refractivity contribution is 0.122. The van der Waals surface area contributed by atoms with E-state index in [2.05, 4.69) is 15.2 Å². The Morgan fingerprint density at radius 1 is 1.17 bits per heavy atom. The second-order valence-electron chi connectivity index (χ2n) is 6.56. The Hall–Kier alpha value is -3.23. The molecule has 150 valence electrons. The van der Waals surface area contributed by atoms with Gasteiger partial charge in [-0.1, -0.05) is 12.1 Å². The van der Waals surface area contributed by atoms with Crippen LogP contribution < -0.4 is 15.0 Å². The lowest BCUT2D eigenvalue weighted by Gasteiger charge is -2.28. The first-order valence-corrected chi connectivity index (χ1v) is 9.44. The predicted octanol–water partition coefficient (Wildman–Crippen LogP) is 2.62. The highest BCUT2D eigenvalue weighted by Gasteiger charge is 2.21. The van der Waals surface area contributed by atoms with E-state index in [9.17, 15) is 5.11 Å². The number of pyridine rings is 1. The molecule has 1 saturated heterocycles. The molecule has 1 aliphatic heterocycles. The molecular weight excluding hydrogens is 370 g/mol. The first-order chi connectivity index (χ1) is 14.3. The van der Waals surface area contributed by atoms with Gasteiger partial charge in [-0.3, -0.25) is 4.98 Å². The third-order valence-corrected chi connectivity index (χ3v) is 4.71. The van der Waals surface area contributed by atoms with Gasteiger partial charge in [-0.05, 0) is 24.3 Å². The molecule has 0 atom stereocenters. The maximum absolute atomic E-state index is 10.2. The van der Waals surface area contributed by atoms with Crippen LogP contribution in [0.5, 0.6) is 5.75 Å². The van der Waals surface area contributed by atoms with Gasteiger partial charge in [0.15, 0.2) is 0 Å². The fourth-order valence-corrected chi connectivity index (χ4v) is 3.21. The second kappa shape index (κ2) is 8.85. The van der Waals surface area contributed by atoms with Gasteiger partial charge in [-0.15, -0.1) is 0 Å². The molecule has 4 rings (SSSR count). The summed E-state index contributed by atoms with van der Waals surface area (Å²) in [5.41, 5.74) is 2.90. The first-order valence-electron chi connectivity index (χ1n) is 9.44. The van der Waals surface area contributed by atoms with Gasteiger partial charge in [0.05, 0.1) is 44.5 Å². The van der Waals surface area contributed by atoms with E-state index in [1.165, 1.54) is 0 Å². The van der Waals surface area contributed by atoms with Crippen LogP contribution in [0.25, 0.3) is 11.3 Å². The summed E-state index contributed by atoms with van der Waals surface area (Å²) in [6.45, 7) is 2.47. The van der Waals surface area contributed by atoms with E-state index in [4.69, 9.17) is 19.4 Å². The van der Waals surface area contributed by atoms with Crippen LogP contribution in [-0.4, -0.2) is 53.5 Å². The topological polar surface area (TPSA) is 92.6 Å². The maximum Gasteiger partial charge on any atom is 0.228 e. The number of anilines is 3. The highest BCUT2D eigenvalue weighted by atomic mass is 16.5. The molecule has 1 aromatic carbocycles. The van der Waals surface area contributed by atoms with E-state index in [0.29, 0.717) is 49.3 Å². The van der Waals surface area contributed by atoms with Crippen LogP contribution in [-0.2, 0) is 11.3 Å². The van der Waals surface area contributed by atoms with E-state index in [-0.39, 0.29) is 6.61 Å². The first kappa shape index (κ1) is 19.1. The normalized spacial score (nSPS) is 13.9. The minimum atomic E-state index is -0.210. The number of ether oxygens (including phenoxy) is 2. The molecule has 2 N–H and O–H groups in total. The third kappa shape index (κ3) is 4.28.